The standard InChI is InChI=1S/C22H22N2O4S/c1-2-21(28-19-11-7-4-8-12-19)22(25)23-17-13-15-20(16-14-17)29(26,27)24-18-9-5-3-6-10-18/h3-16,21,24H,2H2,1H3,(H,23,25). The molecular formula is C22H22N2O4S. The molecule has 3 aromatic rings. The highest BCUT2D eigenvalue weighted by molar-refractivity contribution is 7.92. The maximum absolute atomic E-state index is 12.5. The van der Waals surface area contributed by atoms with Crippen LogP contribution in [0.4, 0.5) is 11.4 Å². The van der Waals surface area contributed by atoms with Crippen LogP contribution in [-0.2, 0) is 14.8 Å². The summed E-state index contributed by atoms with van der Waals surface area (Å²) in [4.78, 5) is 12.6. The summed E-state index contributed by atoms with van der Waals surface area (Å²) in [7, 11) is -3.71. The van der Waals surface area contributed by atoms with E-state index in [1.54, 1.807) is 54.6 Å². The molecule has 1 unspecified atom stereocenters. The molecule has 0 aliphatic heterocycles. The minimum atomic E-state index is -3.71. The van der Waals surface area contributed by atoms with E-state index in [0.717, 1.165) is 0 Å². The summed E-state index contributed by atoms with van der Waals surface area (Å²) in [6.45, 7) is 1.86. The third-order valence-electron chi connectivity index (χ3n) is 4.14. The van der Waals surface area contributed by atoms with Gasteiger partial charge in [-0.15, -0.1) is 0 Å². The Hall–Kier alpha value is -3.32. The fourth-order valence-corrected chi connectivity index (χ4v) is 3.70. The summed E-state index contributed by atoms with van der Waals surface area (Å²) in [5.74, 6) is 0.317. The monoisotopic (exact) mass is 410 g/mol. The first-order valence-electron chi connectivity index (χ1n) is 9.18. The lowest BCUT2D eigenvalue weighted by Gasteiger charge is -2.17. The second kappa shape index (κ2) is 9.25. The first kappa shape index (κ1) is 20.4. The number of anilines is 2. The Bertz CT molecular complexity index is 1040. The lowest BCUT2D eigenvalue weighted by molar-refractivity contribution is -0.122. The Morgan fingerprint density at radius 1 is 0.862 bits per heavy atom. The van der Waals surface area contributed by atoms with E-state index in [2.05, 4.69) is 10.0 Å². The highest BCUT2D eigenvalue weighted by Gasteiger charge is 2.19. The van der Waals surface area contributed by atoms with Crippen LogP contribution < -0.4 is 14.8 Å². The molecule has 0 spiro atoms. The van der Waals surface area contributed by atoms with E-state index in [1.165, 1.54) is 12.1 Å². The highest BCUT2D eigenvalue weighted by Crippen LogP contribution is 2.19. The third kappa shape index (κ3) is 5.58. The van der Waals surface area contributed by atoms with E-state index in [9.17, 15) is 13.2 Å². The molecule has 6 nitrogen and oxygen atoms in total. The van der Waals surface area contributed by atoms with E-state index in [0.29, 0.717) is 23.5 Å². The predicted molar refractivity (Wildman–Crippen MR) is 113 cm³/mol. The number of carbonyl (C=O) groups is 1. The van der Waals surface area contributed by atoms with Crippen LogP contribution in [0, 0.1) is 0 Å². The molecule has 0 aliphatic carbocycles. The van der Waals surface area contributed by atoms with Crippen molar-refractivity contribution in [3.8, 4) is 5.75 Å². The van der Waals surface area contributed by atoms with Gasteiger partial charge in [0.25, 0.3) is 15.9 Å². The van der Waals surface area contributed by atoms with Crippen LogP contribution in [0.2, 0.25) is 0 Å². The van der Waals surface area contributed by atoms with Crippen molar-refractivity contribution >= 4 is 27.3 Å². The van der Waals surface area contributed by atoms with Crippen LogP contribution in [-0.4, -0.2) is 20.4 Å². The second-order valence-electron chi connectivity index (χ2n) is 6.31. The van der Waals surface area contributed by atoms with Gasteiger partial charge < -0.3 is 10.1 Å². The van der Waals surface area contributed by atoms with Gasteiger partial charge in [-0.3, -0.25) is 9.52 Å². The van der Waals surface area contributed by atoms with E-state index < -0.39 is 16.1 Å². The lowest BCUT2D eigenvalue weighted by Crippen LogP contribution is -2.32. The molecule has 0 heterocycles. The molecule has 150 valence electrons. The molecule has 7 heteroatoms. The number of sulfonamides is 1. The van der Waals surface area contributed by atoms with Gasteiger partial charge in [-0.1, -0.05) is 43.3 Å². The van der Waals surface area contributed by atoms with Crippen LogP contribution in [0.25, 0.3) is 0 Å². The third-order valence-corrected chi connectivity index (χ3v) is 5.54. The minimum absolute atomic E-state index is 0.104. The van der Waals surface area contributed by atoms with Gasteiger partial charge in [0.1, 0.15) is 5.75 Å². The summed E-state index contributed by atoms with van der Waals surface area (Å²) in [5, 5.41) is 2.76. The number of carbonyl (C=O) groups excluding carboxylic acids is 1. The largest absolute Gasteiger partial charge is 0.481 e. The van der Waals surface area contributed by atoms with Gasteiger partial charge in [-0.25, -0.2) is 8.42 Å². The minimum Gasteiger partial charge on any atom is -0.481 e. The maximum atomic E-state index is 12.5. The highest BCUT2D eigenvalue weighted by atomic mass is 32.2. The molecular weight excluding hydrogens is 388 g/mol. The maximum Gasteiger partial charge on any atom is 0.265 e. The Balaban J connectivity index is 1.65. The SMILES string of the molecule is CCC(Oc1ccccc1)C(=O)Nc1ccc(S(=O)(=O)Nc2ccccc2)cc1. The molecule has 29 heavy (non-hydrogen) atoms. The van der Waals surface area contributed by atoms with Crippen LogP contribution in [0.15, 0.2) is 89.8 Å². The zero-order valence-corrected chi connectivity index (χ0v) is 16.7. The molecule has 0 radical (unpaired) electrons. The van der Waals surface area contributed by atoms with Gasteiger partial charge >= 0.3 is 0 Å². The molecule has 0 saturated carbocycles. The summed E-state index contributed by atoms with van der Waals surface area (Å²) in [6.07, 6.45) is -0.158. The molecule has 0 aromatic heterocycles. The number of benzene rings is 3. The van der Waals surface area contributed by atoms with Crippen molar-refractivity contribution in [2.75, 3.05) is 10.0 Å². The molecule has 1 amide bonds. The quantitative estimate of drug-likeness (QED) is 0.580. The van der Waals surface area contributed by atoms with Crippen LogP contribution in [0.1, 0.15) is 13.3 Å². The molecule has 3 rings (SSSR count). The number of hydrogen-bond acceptors (Lipinski definition) is 4. The van der Waals surface area contributed by atoms with Gasteiger partial charge in [0, 0.05) is 11.4 Å². The fourth-order valence-electron chi connectivity index (χ4n) is 2.65. The number of amides is 1. The Kier molecular flexibility index (Phi) is 6.51. The summed E-state index contributed by atoms with van der Waals surface area (Å²) in [6, 6.07) is 23.7. The fraction of sp³-hybridized carbons (Fsp3) is 0.136. The van der Waals surface area contributed by atoms with E-state index in [-0.39, 0.29) is 10.8 Å². The van der Waals surface area contributed by atoms with Crippen molar-refractivity contribution in [1.82, 2.24) is 0 Å². The van der Waals surface area contributed by atoms with E-state index in [4.69, 9.17) is 4.74 Å². The van der Waals surface area contributed by atoms with Crippen molar-refractivity contribution < 1.29 is 17.9 Å². The topological polar surface area (TPSA) is 84.5 Å². The predicted octanol–water partition coefficient (Wildman–Crippen LogP) is 4.28. The molecule has 3 aromatic carbocycles. The smallest absolute Gasteiger partial charge is 0.265 e. The number of ether oxygens (including phenoxy) is 1. The van der Waals surface area contributed by atoms with Crippen LogP contribution in [0.5, 0.6) is 5.75 Å². The van der Waals surface area contributed by atoms with Gasteiger partial charge in [0.05, 0.1) is 4.90 Å². The van der Waals surface area contributed by atoms with E-state index in [1.807, 2.05) is 25.1 Å². The number of rotatable bonds is 8. The average molecular weight is 410 g/mol. The van der Waals surface area contributed by atoms with Crippen molar-refractivity contribution in [3.63, 3.8) is 0 Å². The average Bonchev–Trinajstić information content (AvgIpc) is 2.73. The zero-order chi connectivity index (χ0) is 20.7. The van der Waals surface area contributed by atoms with Crippen LogP contribution in [0.3, 0.4) is 0 Å². The van der Waals surface area contributed by atoms with Gasteiger partial charge in [-0.05, 0) is 55.0 Å². The molecule has 2 N–H and O–H groups in total. The van der Waals surface area contributed by atoms with Crippen molar-refractivity contribution in [1.29, 1.82) is 0 Å². The Morgan fingerprint density at radius 3 is 2.03 bits per heavy atom. The summed E-state index contributed by atoms with van der Waals surface area (Å²) < 4.78 is 33.2. The zero-order valence-electron chi connectivity index (χ0n) is 15.9. The van der Waals surface area contributed by atoms with Gasteiger partial charge in [0.15, 0.2) is 6.10 Å². The van der Waals surface area contributed by atoms with Gasteiger partial charge in [-0.2, -0.15) is 0 Å². The Labute approximate surface area is 170 Å². The molecule has 0 aliphatic rings. The normalized spacial score (nSPS) is 12.0. The Morgan fingerprint density at radius 2 is 1.45 bits per heavy atom. The molecule has 0 saturated heterocycles. The number of nitrogens with one attached hydrogen (secondary N) is 2. The lowest BCUT2D eigenvalue weighted by atomic mass is 10.2. The summed E-state index contributed by atoms with van der Waals surface area (Å²) >= 11 is 0. The summed E-state index contributed by atoms with van der Waals surface area (Å²) in [5.41, 5.74) is 0.970. The first-order valence-corrected chi connectivity index (χ1v) is 10.7. The van der Waals surface area contributed by atoms with Gasteiger partial charge in [0.2, 0.25) is 0 Å². The van der Waals surface area contributed by atoms with Crippen molar-refractivity contribution in [2.24, 2.45) is 0 Å². The van der Waals surface area contributed by atoms with Crippen LogP contribution >= 0.6 is 0 Å². The van der Waals surface area contributed by atoms with E-state index >= 15 is 0 Å². The van der Waals surface area contributed by atoms with Crippen molar-refractivity contribution in [3.05, 3.63) is 84.9 Å². The van der Waals surface area contributed by atoms with Crippen molar-refractivity contribution in [2.45, 2.75) is 24.3 Å². The molecule has 1 atom stereocenters. The second-order valence-corrected chi connectivity index (χ2v) is 8.00. The molecule has 0 fully saturated rings. The number of para-hydroxylation sites is 2. The molecule has 0 bridgehead atoms. The first-order chi connectivity index (χ1) is 14.0. The number of hydrogen-bond donors (Lipinski definition) is 2.